The fourth-order valence-electron chi connectivity index (χ4n) is 1.18. The third kappa shape index (κ3) is 1.88. The highest BCUT2D eigenvalue weighted by atomic mass is 16.3. The average molecular weight is 189 g/mol. The number of aliphatic imine (C=N–C) groups is 1. The van der Waals surface area contributed by atoms with Gasteiger partial charge in [-0.2, -0.15) is 0 Å². The second kappa shape index (κ2) is 4.37. The van der Waals surface area contributed by atoms with Gasteiger partial charge in [-0.15, -0.1) is 0 Å². The molecular formula is C11H11NO2. The first kappa shape index (κ1) is 10.2. The van der Waals surface area contributed by atoms with Crippen molar-refractivity contribution in [1.29, 1.82) is 0 Å². The summed E-state index contributed by atoms with van der Waals surface area (Å²) in [7, 11) is 0. The molecule has 1 N–H and O–H groups in total. The molecule has 1 aromatic rings. The zero-order valence-electron chi connectivity index (χ0n) is 7.90. The number of benzene rings is 1. The van der Waals surface area contributed by atoms with Gasteiger partial charge in [-0.1, -0.05) is 18.2 Å². The van der Waals surface area contributed by atoms with Crippen LogP contribution in [0.1, 0.15) is 12.5 Å². The maximum Gasteiger partial charge on any atom is 0.154 e. The van der Waals surface area contributed by atoms with Crippen molar-refractivity contribution < 1.29 is 9.90 Å². The first-order chi connectivity index (χ1) is 6.70. The number of aldehydes is 1. The standard InChI is InChI=1S/C11H11NO2/c1-8(14)10(7-13)9-5-3-4-6-11(9)12-2/h3-7,14H,2H2,1H3/b10-8+. The molecule has 1 aromatic carbocycles. The average Bonchev–Trinajstić information content (AvgIpc) is 2.19. The van der Waals surface area contributed by atoms with Gasteiger partial charge in [0, 0.05) is 5.56 Å². The molecule has 0 unspecified atom stereocenters. The van der Waals surface area contributed by atoms with E-state index >= 15 is 0 Å². The van der Waals surface area contributed by atoms with Crippen molar-refractivity contribution in [2.24, 2.45) is 4.99 Å². The Morgan fingerprint density at radius 3 is 2.64 bits per heavy atom. The van der Waals surface area contributed by atoms with Crippen molar-refractivity contribution in [3.05, 3.63) is 35.6 Å². The number of hydrogen-bond donors (Lipinski definition) is 1. The van der Waals surface area contributed by atoms with E-state index in [4.69, 9.17) is 0 Å². The summed E-state index contributed by atoms with van der Waals surface area (Å²) in [5, 5.41) is 9.27. The van der Waals surface area contributed by atoms with E-state index in [9.17, 15) is 9.90 Å². The number of rotatable bonds is 3. The Labute approximate surface area is 82.4 Å². The van der Waals surface area contributed by atoms with E-state index in [1.807, 2.05) is 0 Å². The molecular weight excluding hydrogens is 178 g/mol. The largest absolute Gasteiger partial charge is 0.512 e. The van der Waals surface area contributed by atoms with Gasteiger partial charge in [-0.05, 0) is 19.7 Å². The van der Waals surface area contributed by atoms with E-state index < -0.39 is 0 Å². The van der Waals surface area contributed by atoms with Crippen molar-refractivity contribution in [3.8, 4) is 0 Å². The molecule has 0 aliphatic carbocycles. The molecule has 0 atom stereocenters. The summed E-state index contributed by atoms with van der Waals surface area (Å²) < 4.78 is 0. The van der Waals surface area contributed by atoms with Gasteiger partial charge in [-0.25, -0.2) is 0 Å². The van der Waals surface area contributed by atoms with Gasteiger partial charge in [0.1, 0.15) is 5.76 Å². The van der Waals surface area contributed by atoms with E-state index in [2.05, 4.69) is 11.7 Å². The first-order valence-electron chi connectivity index (χ1n) is 4.12. The second-order valence-corrected chi connectivity index (χ2v) is 2.79. The molecule has 0 aliphatic rings. The third-order valence-corrected chi connectivity index (χ3v) is 1.87. The Balaban J connectivity index is 3.37. The monoisotopic (exact) mass is 189 g/mol. The van der Waals surface area contributed by atoms with E-state index in [-0.39, 0.29) is 11.3 Å². The number of para-hydroxylation sites is 1. The lowest BCUT2D eigenvalue weighted by Gasteiger charge is -2.04. The van der Waals surface area contributed by atoms with Crippen LogP contribution < -0.4 is 0 Å². The SMILES string of the molecule is C=Nc1ccccc1/C(C=O)=C(\C)O. The molecule has 0 bridgehead atoms. The number of carbonyl (C=O) groups is 1. The molecule has 0 fully saturated rings. The first-order valence-corrected chi connectivity index (χ1v) is 4.12. The van der Waals surface area contributed by atoms with Gasteiger partial charge >= 0.3 is 0 Å². The maximum atomic E-state index is 10.7. The van der Waals surface area contributed by atoms with Crippen LogP contribution in [0.4, 0.5) is 5.69 Å². The molecule has 0 radical (unpaired) electrons. The Morgan fingerprint density at radius 2 is 2.14 bits per heavy atom. The fourth-order valence-corrected chi connectivity index (χ4v) is 1.18. The third-order valence-electron chi connectivity index (χ3n) is 1.87. The topological polar surface area (TPSA) is 49.7 Å². The van der Waals surface area contributed by atoms with Crippen molar-refractivity contribution >= 4 is 24.3 Å². The van der Waals surface area contributed by atoms with Gasteiger partial charge in [-0.3, -0.25) is 9.79 Å². The number of allylic oxidation sites excluding steroid dienone is 2. The number of aliphatic hydroxyl groups excluding tert-OH is 1. The van der Waals surface area contributed by atoms with Crippen molar-refractivity contribution in [1.82, 2.24) is 0 Å². The molecule has 0 aliphatic heterocycles. The van der Waals surface area contributed by atoms with Gasteiger partial charge in [0.05, 0.1) is 11.3 Å². The highest BCUT2D eigenvalue weighted by Gasteiger charge is 2.08. The lowest BCUT2D eigenvalue weighted by Crippen LogP contribution is -1.90. The predicted molar refractivity (Wildman–Crippen MR) is 56.9 cm³/mol. The molecule has 0 heterocycles. The predicted octanol–water partition coefficient (Wildman–Crippen LogP) is 2.51. The fraction of sp³-hybridized carbons (Fsp3) is 0.0909. The normalized spacial score (nSPS) is 11.8. The lowest BCUT2D eigenvalue weighted by molar-refractivity contribution is -0.103. The number of hydrogen-bond acceptors (Lipinski definition) is 3. The number of nitrogens with zero attached hydrogens (tertiary/aromatic N) is 1. The molecule has 0 spiro atoms. The van der Waals surface area contributed by atoms with E-state index in [0.29, 0.717) is 17.5 Å². The van der Waals surface area contributed by atoms with Crippen LogP contribution in [0.2, 0.25) is 0 Å². The minimum atomic E-state index is -0.0175. The molecule has 14 heavy (non-hydrogen) atoms. The molecule has 3 heteroatoms. The van der Waals surface area contributed by atoms with Crippen LogP contribution in [-0.2, 0) is 4.79 Å². The molecule has 1 rings (SSSR count). The maximum absolute atomic E-state index is 10.7. The van der Waals surface area contributed by atoms with Crippen LogP contribution in [0.25, 0.3) is 5.57 Å². The minimum Gasteiger partial charge on any atom is -0.512 e. The highest BCUT2D eigenvalue weighted by Crippen LogP contribution is 2.25. The molecule has 0 saturated heterocycles. The summed E-state index contributed by atoms with van der Waals surface area (Å²) in [6.07, 6.45) is 0.610. The summed E-state index contributed by atoms with van der Waals surface area (Å²) in [5.74, 6) is -0.0175. The minimum absolute atomic E-state index is 0.0175. The van der Waals surface area contributed by atoms with Crippen LogP contribution in [0.5, 0.6) is 0 Å². The summed E-state index contributed by atoms with van der Waals surface area (Å²) in [6, 6.07) is 7.02. The van der Waals surface area contributed by atoms with Crippen molar-refractivity contribution in [2.45, 2.75) is 6.92 Å². The van der Waals surface area contributed by atoms with E-state index in [1.54, 1.807) is 24.3 Å². The van der Waals surface area contributed by atoms with E-state index in [0.717, 1.165) is 0 Å². The van der Waals surface area contributed by atoms with Crippen molar-refractivity contribution in [3.63, 3.8) is 0 Å². The van der Waals surface area contributed by atoms with Crippen LogP contribution in [0.15, 0.2) is 35.0 Å². The Kier molecular flexibility index (Phi) is 3.18. The number of aliphatic hydroxyl groups is 1. The molecule has 0 saturated carbocycles. The molecule has 3 nitrogen and oxygen atoms in total. The second-order valence-electron chi connectivity index (χ2n) is 2.79. The molecule has 72 valence electrons. The summed E-state index contributed by atoms with van der Waals surface area (Å²) in [6.45, 7) is 4.86. The Bertz CT molecular complexity index is 390. The van der Waals surface area contributed by atoms with Crippen molar-refractivity contribution in [2.75, 3.05) is 0 Å². The Morgan fingerprint density at radius 1 is 1.50 bits per heavy atom. The van der Waals surface area contributed by atoms with Gasteiger partial charge in [0.2, 0.25) is 0 Å². The van der Waals surface area contributed by atoms with Crippen LogP contribution in [0.3, 0.4) is 0 Å². The Hall–Kier alpha value is -1.90. The highest BCUT2D eigenvalue weighted by molar-refractivity contribution is 6.09. The smallest absolute Gasteiger partial charge is 0.154 e. The lowest BCUT2D eigenvalue weighted by atomic mass is 10.0. The summed E-state index contributed by atoms with van der Waals surface area (Å²) in [5.41, 5.74) is 1.42. The zero-order chi connectivity index (χ0) is 10.6. The van der Waals surface area contributed by atoms with Crippen LogP contribution >= 0.6 is 0 Å². The molecule has 0 aromatic heterocycles. The van der Waals surface area contributed by atoms with Crippen LogP contribution in [0, 0.1) is 0 Å². The van der Waals surface area contributed by atoms with Gasteiger partial charge < -0.3 is 5.11 Å². The number of carbonyl (C=O) groups excluding carboxylic acids is 1. The van der Waals surface area contributed by atoms with Gasteiger partial charge in [0.15, 0.2) is 6.29 Å². The van der Waals surface area contributed by atoms with Gasteiger partial charge in [0.25, 0.3) is 0 Å². The molecule has 0 amide bonds. The summed E-state index contributed by atoms with van der Waals surface area (Å²) >= 11 is 0. The zero-order valence-corrected chi connectivity index (χ0v) is 7.90. The van der Waals surface area contributed by atoms with E-state index in [1.165, 1.54) is 6.92 Å². The van der Waals surface area contributed by atoms with Crippen LogP contribution in [-0.4, -0.2) is 18.1 Å². The summed E-state index contributed by atoms with van der Waals surface area (Å²) in [4.78, 5) is 14.5. The quantitative estimate of drug-likeness (QED) is 0.344.